The van der Waals surface area contributed by atoms with Gasteiger partial charge in [0.15, 0.2) is 0 Å². The molecule has 3 aromatic carbocycles. The number of nitrogens with zero attached hydrogens (tertiary/aromatic N) is 3. The van der Waals surface area contributed by atoms with E-state index in [2.05, 4.69) is 60.6 Å². The molecule has 3 aromatic rings. The summed E-state index contributed by atoms with van der Waals surface area (Å²) >= 11 is 11.8. The number of thiocarbonyl (C=S) groups is 1. The molecule has 2 N–H and O–H groups in total. The van der Waals surface area contributed by atoms with Gasteiger partial charge in [0.1, 0.15) is 11.4 Å². The summed E-state index contributed by atoms with van der Waals surface area (Å²) in [6, 6.07) is 23.0. The number of nitrogens with one attached hydrogen (secondary N) is 2. The fourth-order valence-electron chi connectivity index (χ4n) is 5.84. The van der Waals surface area contributed by atoms with Gasteiger partial charge in [-0.3, -0.25) is 4.79 Å². The molecular weight excluding hydrogens is 550 g/mol. The van der Waals surface area contributed by atoms with E-state index in [1.54, 1.807) is 18.3 Å². The van der Waals surface area contributed by atoms with Crippen molar-refractivity contribution in [2.45, 2.75) is 58.9 Å². The Labute approximate surface area is 252 Å². The lowest BCUT2D eigenvalue weighted by molar-refractivity contribution is 0.0955. The van der Waals surface area contributed by atoms with Crippen LogP contribution in [-0.4, -0.2) is 28.6 Å². The number of para-hydroxylation sites is 1. The lowest BCUT2D eigenvalue weighted by atomic mass is 9.66. The van der Waals surface area contributed by atoms with Crippen molar-refractivity contribution in [3.05, 3.63) is 94.5 Å². The van der Waals surface area contributed by atoms with Crippen molar-refractivity contribution in [3.63, 3.8) is 0 Å². The minimum Gasteiger partial charge on any atom is -0.341 e. The molecule has 0 radical (unpaired) electrons. The Balaban J connectivity index is 1.37. The van der Waals surface area contributed by atoms with Crippen LogP contribution in [0.15, 0.2) is 82.9 Å². The van der Waals surface area contributed by atoms with Crippen molar-refractivity contribution in [2.24, 2.45) is 21.4 Å². The van der Waals surface area contributed by atoms with Crippen LogP contribution in [0.5, 0.6) is 0 Å². The number of rotatable bonds is 5. The quantitative estimate of drug-likeness (QED) is 0.181. The molecule has 0 aromatic heterocycles. The maximum absolute atomic E-state index is 12.8. The van der Waals surface area contributed by atoms with Crippen LogP contribution in [0, 0.1) is 18.3 Å². The normalized spacial score (nSPS) is 20.9. The Morgan fingerprint density at radius 1 is 1.05 bits per heavy atom. The molecule has 41 heavy (non-hydrogen) atoms. The molecule has 1 aliphatic heterocycles. The van der Waals surface area contributed by atoms with Gasteiger partial charge in [0.25, 0.3) is 5.91 Å². The molecule has 212 valence electrons. The highest BCUT2D eigenvalue weighted by molar-refractivity contribution is 7.80. The number of hydrazone groups is 1. The van der Waals surface area contributed by atoms with Crippen LogP contribution >= 0.6 is 23.8 Å². The summed E-state index contributed by atoms with van der Waals surface area (Å²) in [7, 11) is 0. The number of aliphatic imine (C=N–C) groups is 1. The summed E-state index contributed by atoms with van der Waals surface area (Å²) in [6.45, 7) is 9.09. The van der Waals surface area contributed by atoms with Crippen LogP contribution in [0.1, 0.15) is 67.9 Å². The van der Waals surface area contributed by atoms with E-state index in [1.165, 1.54) is 0 Å². The molecule has 5 rings (SSSR count). The molecule has 6 nitrogen and oxygen atoms in total. The number of amidine groups is 1. The molecule has 2 aliphatic rings. The van der Waals surface area contributed by atoms with Gasteiger partial charge < -0.3 is 10.2 Å². The third-order valence-electron chi connectivity index (χ3n) is 8.34. The fourth-order valence-corrected chi connectivity index (χ4v) is 6.34. The maximum atomic E-state index is 12.8. The monoisotopic (exact) mass is 585 g/mol. The Morgan fingerprint density at radius 2 is 1.71 bits per heavy atom. The van der Waals surface area contributed by atoms with E-state index < -0.39 is 0 Å². The molecule has 0 saturated heterocycles. The summed E-state index contributed by atoms with van der Waals surface area (Å²) in [5.74, 6) is 1.25. The van der Waals surface area contributed by atoms with Gasteiger partial charge >= 0.3 is 0 Å². The molecular formula is C33H36ClN5OS. The molecule has 0 atom stereocenters. The van der Waals surface area contributed by atoms with E-state index in [0.717, 1.165) is 54.0 Å². The number of hydrogen-bond donors (Lipinski definition) is 2. The van der Waals surface area contributed by atoms with E-state index in [4.69, 9.17) is 28.8 Å². The minimum absolute atomic E-state index is 0.247. The predicted molar refractivity (Wildman–Crippen MR) is 174 cm³/mol. The van der Waals surface area contributed by atoms with E-state index in [9.17, 15) is 4.79 Å². The lowest BCUT2D eigenvalue weighted by Gasteiger charge is -2.47. The molecule has 0 unspecified atom stereocenters. The first-order valence-electron chi connectivity index (χ1n) is 14.0. The van der Waals surface area contributed by atoms with Gasteiger partial charge in [-0.25, -0.2) is 10.4 Å². The number of hydrogen-bond acceptors (Lipinski definition) is 4. The van der Waals surface area contributed by atoms with Gasteiger partial charge in [-0.15, -0.1) is 0 Å². The first-order chi connectivity index (χ1) is 19.6. The Kier molecular flexibility index (Phi) is 8.30. The molecule has 0 bridgehead atoms. The second-order valence-corrected chi connectivity index (χ2v) is 12.8. The van der Waals surface area contributed by atoms with Gasteiger partial charge in [-0.05, 0) is 110 Å². The second kappa shape index (κ2) is 11.7. The van der Waals surface area contributed by atoms with E-state index in [1.807, 2.05) is 48.5 Å². The molecule has 1 spiro atoms. The van der Waals surface area contributed by atoms with Gasteiger partial charge in [0.2, 0.25) is 5.11 Å². The zero-order chi connectivity index (χ0) is 29.2. The van der Waals surface area contributed by atoms with Gasteiger partial charge in [-0.1, -0.05) is 62.7 Å². The smallest absolute Gasteiger partial charge is 0.271 e. The van der Waals surface area contributed by atoms with Crippen LogP contribution in [0.3, 0.4) is 0 Å². The van der Waals surface area contributed by atoms with Gasteiger partial charge in [0, 0.05) is 22.0 Å². The van der Waals surface area contributed by atoms with Crippen LogP contribution in [0.2, 0.25) is 5.02 Å². The number of anilines is 2. The molecule has 1 aliphatic carbocycles. The van der Waals surface area contributed by atoms with E-state index >= 15 is 0 Å². The third-order valence-corrected chi connectivity index (χ3v) is 8.87. The van der Waals surface area contributed by atoms with Crippen LogP contribution in [0.4, 0.5) is 11.4 Å². The van der Waals surface area contributed by atoms with Gasteiger partial charge in [-0.2, -0.15) is 5.10 Å². The number of amides is 1. The summed E-state index contributed by atoms with van der Waals surface area (Å²) in [6.07, 6.45) is 5.64. The van der Waals surface area contributed by atoms with E-state index in [0.29, 0.717) is 21.6 Å². The summed E-state index contributed by atoms with van der Waals surface area (Å²) < 4.78 is 0. The number of aryl methyl sites for hydroxylation is 1. The zero-order valence-electron chi connectivity index (χ0n) is 23.9. The Hall–Kier alpha value is -3.55. The van der Waals surface area contributed by atoms with Crippen LogP contribution in [0.25, 0.3) is 0 Å². The largest absolute Gasteiger partial charge is 0.341 e. The SMILES string of the molecule is Cc1ccccc1NC1=NC(=S)N(c2ccc(C(=O)N/N=C\c3ccc(Cl)cc3)cc2)C12CCC(C(C)(C)C)CC2. The highest BCUT2D eigenvalue weighted by atomic mass is 35.5. The lowest BCUT2D eigenvalue weighted by Crippen LogP contribution is -2.56. The van der Waals surface area contributed by atoms with Crippen molar-refractivity contribution in [1.29, 1.82) is 0 Å². The van der Waals surface area contributed by atoms with Crippen LogP contribution < -0.4 is 15.6 Å². The minimum atomic E-state index is -0.367. The summed E-state index contributed by atoms with van der Waals surface area (Å²) in [5.41, 5.74) is 6.96. The molecule has 1 fully saturated rings. The summed E-state index contributed by atoms with van der Waals surface area (Å²) in [4.78, 5) is 19.9. The fraction of sp³-hybridized carbons (Fsp3) is 0.333. The first-order valence-corrected chi connectivity index (χ1v) is 14.8. The topological polar surface area (TPSA) is 69.1 Å². The van der Waals surface area contributed by atoms with Gasteiger partial charge in [0.05, 0.1) is 6.21 Å². The highest BCUT2D eigenvalue weighted by Crippen LogP contribution is 2.48. The molecule has 8 heteroatoms. The Bertz CT molecular complexity index is 1480. The van der Waals surface area contributed by atoms with E-state index in [-0.39, 0.29) is 16.9 Å². The standard InChI is InChI=1S/C33H36ClN5OS/c1-22-7-5-6-8-28(22)36-30-33(19-17-25(18-20-33)32(2,3)4)39(31(41)37-30)27-15-11-24(12-16-27)29(40)38-35-21-23-9-13-26(34)14-10-23/h5-16,21,25H,17-20H2,1-4H3,(H,38,40)(H,36,37,41)/b35-21-. The number of carbonyl (C=O) groups is 1. The number of benzene rings is 3. The van der Waals surface area contributed by atoms with Crippen molar-refractivity contribution < 1.29 is 4.79 Å². The average molecular weight is 586 g/mol. The first kappa shape index (κ1) is 29.0. The van der Waals surface area contributed by atoms with Crippen molar-refractivity contribution in [2.75, 3.05) is 10.2 Å². The predicted octanol–water partition coefficient (Wildman–Crippen LogP) is 8.00. The number of halogens is 1. The third kappa shape index (κ3) is 6.21. The number of carbonyl (C=O) groups excluding carboxylic acids is 1. The van der Waals surface area contributed by atoms with Crippen LogP contribution in [-0.2, 0) is 0 Å². The van der Waals surface area contributed by atoms with Crippen molar-refractivity contribution in [1.82, 2.24) is 5.43 Å². The maximum Gasteiger partial charge on any atom is 0.271 e. The van der Waals surface area contributed by atoms with Crippen molar-refractivity contribution in [3.8, 4) is 0 Å². The van der Waals surface area contributed by atoms with Crippen molar-refractivity contribution >= 4 is 58.3 Å². The zero-order valence-corrected chi connectivity index (χ0v) is 25.5. The highest BCUT2D eigenvalue weighted by Gasteiger charge is 2.51. The Morgan fingerprint density at radius 3 is 2.34 bits per heavy atom. The molecule has 1 saturated carbocycles. The molecule has 1 heterocycles. The molecule has 1 amide bonds. The second-order valence-electron chi connectivity index (χ2n) is 12.0. The summed E-state index contributed by atoms with van der Waals surface area (Å²) in [5, 5.41) is 8.93. The average Bonchev–Trinajstić information content (AvgIpc) is 3.20.